The summed E-state index contributed by atoms with van der Waals surface area (Å²) in [6, 6.07) is 0. The first-order chi connectivity index (χ1) is 8.84. The molecule has 0 bridgehead atoms. The van der Waals surface area contributed by atoms with Crippen LogP contribution in [0, 0.1) is 29.1 Å². The van der Waals surface area contributed by atoms with Crippen molar-refractivity contribution in [1.29, 1.82) is 0 Å². The highest BCUT2D eigenvalue weighted by Crippen LogP contribution is 2.24. The van der Waals surface area contributed by atoms with Crippen LogP contribution in [0.15, 0.2) is 0 Å². The molecule has 0 saturated carbocycles. The van der Waals surface area contributed by atoms with E-state index in [1.54, 1.807) is 13.8 Å². The lowest BCUT2D eigenvalue weighted by atomic mass is 10.1. The molecule has 1 aromatic carbocycles. The van der Waals surface area contributed by atoms with Crippen molar-refractivity contribution in [2.24, 2.45) is 0 Å². The topological polar surface area (TPSA) is 26.3 Å². The van der Waals surface area contributed by atoms with Crippen molar-refractivity contribution in [1.82, 2.24) is 0 Å². The number of hydrogen-bond acceptors (Lipinski definition) is 2. The van der Waals surface area contributed by atoms with Crippen molar-refractivity contribution in [2.45, 2.75) is 24.4 Å². The third-order valence-corrected chi connectivity index (χ3v) is 4.97. The fourth-order valence-electron chi connectivity index (χ4n) is 1.45. The van der Waals surface area contributed by atoms with Gasteiger partial charge in [0.2, 0.25) is 5.82 Å². The lowest BCUT2D eigenvalue weighted by Gasteiger charge is -2.12. The van der Waals surface area contributed by atoms with Crippen LogP contribution >= 0.6 is 0 Å². The molecule has 0 heterocycles. The molecule has 104 valence electrons. The Morgan fingerprint density at radius 3 is 1.63 bits per heavy atom. The lowest BCUT2D eigenvalue weighted by Crippen LogP contribution is -2.23. The monoisotopic (exact) mass is 296 g/mol. The van der Waals surface area contributed by atoms with E-state index in [2.05, 4.69) is 0 Å². The summed E-state index contributed by atoms with van der Waals surface area (Å²) >= 11 is -2.03. The van der Waals surface area contributed by atoms with Gasteiger partial charge in [-0.2, -0.15) is 0 Å². The second kappa shape index (κ2) is 6.35. The van der Waals surface area contributed by atoms with Gasteiger partial charge in [-0.05, 0) is 0 Å². The van der Waals surface area contributed by atoms with Crippen molar-refractivity contribution in [3.8, 4) is 0 Å². The highest BCUT2D eigenvalue weighted by molar-refractivity contribution is 6.53. The maximum atomic E-state index is 13.3. The largest absolute Gasteiger partial charge is 0.612 e. The predicted octanol–water partition coefficient (Wildman–Crippen LogP) is 3.57. The summed E-state index contributed by atoms with van der Waals surface area (Å²) in [5.74, 6) is -12.4. The molecule has 0 atom stereocenters. The number of rotatable bonds is 4. The van der Waals surface area contributed by atoms with E-state index < -0.39 is 55.1 Å². The zero-order valence-corrected chi connectivity index (χ0v) is 11.4. The summed E-state index contributed by atoms with van der Waals surface area (Å²) in [5, 5.41) is 0.995. The number of hydrogen-bond donors (Lipinski definition) is 0. The van der Waals surface area contributed by atoms with Crippen molar-refractivity contribution in [3.63, 3.8) is 0 Å². The molecule has 0 radical (unpaired) electrons. The first-order valence-electron chi connectivity index (χ1n) is 5.57. The quantitative estimate of drug-likeness (QED) is 0.367. The highest BCUT2D eigenvalue weighted by Gasteiger charge is 2.32. The van der Waals surface area contributed by atoms with Crippen LogP contribution in [0.2, 0.25) is 10.6 Å². The van der Waals surface area contributed by atoms with E-state index in [0.717, 1.165) is 0 Å². The molecule has 1 aromatic rings. The van der Waals surface area contributed by atoms with E-state index in [9.17, 15) is 26.7 Å². The Morgan fingerprint density at radius 2 is 1.26 bits per heavy atom. The maximum Gasteiger partial charge on any atom is 0.548 e. The summed E-state index contributed by atoms with van der Waals surface area (Å²) in [7, 11) is 0. The Balaban J connectivity index is 3.24. The van der Waals surface area contributed by atoms with Crippen LogP contribution in [0.5, 0.6) is 0 Å². The van der Waals surface area contributed by atoms with E-state index in [1.807, 2.05) is 0 Å². The molecule has 0 fully saturated rings. The lowest BCUT2D eigenvalue weighted by molar-refractivity contribution is 0.0717. The number of carbonyl (C=O) groups excluding carboxylic acids is 1. The molecule has 2 nitrogen and oxygen atoms in total. The molecular weight excluding hydrogens is 286 g/mol. The van der Waals surface area contributed by atoms with Gasteiger partial charge in [-0.1, -0.05) is 24.4 Å². The molecule has 19 heavy (non-hydrogen) atoms. The van der Waals surface area contributed by atoms with Gasteiger partial charge in [0.15, 0.2) is 23.3 Å². The van der Waals surface area contributed by atoms with Crippen LogP contribution in [-0.4, -0.2) is 20.5 Å². The first kappa shape index (κ1) is 15.9. The van der Waals surface area contributed by atoms with Crippen LogP contribution in [0.25, 0.3) is 0 Å². The summed E-state index contributed by atoms with van der Waals surface area (Å²) in [6.07, 6.45) is 0. The molecule has 0 aliphatic carbocycles. The van der Waals surface area contributed by atoms with Crippen LogP contribution in [0.3, 0.4) is 0 Å². The molecule has 0 saturated heterocycles. The standard InChI is InChI=1S/C7HF5O2.2C2H5.Al/c8-2-1(7(13)14)3(9)5(11)6(12)4(2)10;2*1-2;/h(H,13,14);2*1H2,2H3;/q;;;+1/p-1. The van der Waals surface area contributed by atoms with Gasteiger partial charge in [0.05, 0.1) is 0 Å². The molecule has 0 aliphatic rings. The Morgan fingerprint density at radius 1 is 0.895 bits per heavy atom. The van der Waals surface area contributed by atoms with Gasteiger partial charge in [0, 0.05) is 0 Å². The zero-order chi connectivity index (χ0) is 14.7. The van der Waals surface area contributed by atoms with E-state index in [0.29, 0.717) is 10.6 Å². The Bertz CT molecular complexity index is 473. The minimum atomic E-state index is -2.30. The van der Waals surface area contributed by atoms with E-state index in [4.69, 9.17) is 3.79 Å². The molecular formula is C11H10AlF5O2. The van der Waals surface area contributed by atoms with Gasteiger partial charge in [0.25, 0.3) is 0 Å². The maximum absolute atomic E-state index is 13.3. The van der Waals surface area contributed by atoms with Crippen LogP contribution in [0.1, 0.15) is 24.2 Å². The average Bonchev–Trinajstić information content (AvgIpc) is 2.40. The van der Waals surface area contributed by atoms with Gasteiger partial charge < -0.3 is 3.79 Å². The van der Waals surface area contributed by atoms with Gasteiger partial charge in [-0.25, -0.2) is 26.7 Å². The predicted molar refractivity (Wildman–Crippen MR) is 58.4 cm³/mol. The molecule has 0 unspecified atom stereocenters. The second-order valence-electron chi connectivity index (χ2n) is 3.79. The van der Waals surface area contributed by atoms with Gasteiger partial charge in [-0.15, -0.1) is 0 Å². The van der Waals surface area contributed by atoms with Crippen LogP contribution in [0.4, 0.5) is 22.0 Å². The Labute approximate surface area is 110 Å². The normalized spacial score (nSPS) is 10.5. The first-order valence-corrected chi connectivity index (χ1v) is 7.67. The third kappa shape index (κ3) is 3.07. The molecule has 0 amide bonds. The molecule has 0 N–H and O–H groups in total. The van der Waals surface area contributed by atoms with Crippen molar-refractivity contribution in [2.75, 3.05) is 0 Å². The average molecular weight is 296 g/mol. The van der Waals surface area contributed by atoms with E-state index >= 15 is 0 Å². The second-order valence-corrected chi connectivity index (χ2v) is 6.90. The van der Waals surface area contributed by atoms with Crippen molar-refractivity contribution < 1.29 is 30.5 Å². The van der Waals surface area contributed by atoms with Gasteiger partial charge in [-0.3, -0.25) is 0 Å². The molecule has 1 rings (SSSR count). The van der Waals surface area contributed by atoms with Gasteiger partial charge in [0.1, 0.15) is 5.56 Å². The van der Waals surface area contributed by atoms with E-state index in [-0.39, 0.29) is 0 Å². The zero-order valence-electron chi connectivity index (χ0n) is 10.2. The summed E-state index contributed by atoms with van der Waals surface area (Å²) in [4.78, 5) is 11.5. The van der Waals surface area contributed by atoms with Crippen LogP contribution in [-0.2, 0) is 3.79 Å². The molecule has 0 aromatic heterocycles. The van der Waals surface area contributed by atoms with Crippen molar-refractivity contribution in [3.05, 3.63) is 34.6 Å². The summed E-state index contributed by atoms with van der Waals surface area (Å²) in [6.45, 7) is 3.43. The van der Waals surface area contributed by atoms with E-state index in [1.165, 1.54) is 0 Å². The fourth-order valence-corrected chi connectivity index (χ4v) is 2.78. The highest BCUT2D eigenvalue weighted by atomic mass is 27.2. The minimum absolute atomic E-state index is 0.498. The summed E-state index contributed by atoms with van der Waals surface area (Å²) in [5.41, 5.74) is -1.53. The molecule has 0 spiro atoms. The third-order valence-electron chi connectivity index (χ3n) is 2.60. The number of carbonyl (C=O) groups is 1. The molecule has 0 aliphatic heterocycles. The fraction of sp³-hybridized carbons (Fsp3) is 0.364. The van der Waals surface area contributed by atoms with Gasteiger partial charge >= 0.3 is 20.5 Å². The van der Waals surface area contributed by atoms with Crippen molar-refractivity contribution >= 4 is 20.5 Å². The summed E-state index contributed by atoms with van der Waals surface area (Å²) < 4.78 is 70.0. The smallest absolute Gasteiger partial charge is 0.548 e. The number of benzene rings is 1. The Kier molecular flexibility index (Phi) is 5.32. The van der Waals surface area contributed by atoms with Crippen LogP contribution < -0.4 is 0 Å². The SMILES string of the molecule is C[CH2][Al]([CH2]C)[O]C(=O)c1c(F)c(F)c(F)c(F)c1F. The number of halogens is 5. The molecule has 8 heteroatoms. The minimum Gasteiger partial charge on any atom is -0.612 e. The Hall–Kier alpha value is -1.13.